The van der Waals surface area contributed by atoms with Gasteiger partial charge in [0, 0.05) is 5.56 Å². The monoisotopic (exact) mass is 221 g/mol. The number of benzene rings is 1. The van der Waals surface area contributed by atoms with Gasteiger partial charge in [0.2, 0.25) is 0 Å². The topological polar surface area (TPSA) is 33.1 Å². The molecule has 2 nitrogen and oxygen atoms in total. The van der Waals surface area contributed by atoms with Crippen LogP contribution in [0.2, 0.25) is 0 Å². The Morgan fingerprint density at radius 3 is 2.62 bits per heavy atom. The van der Waals surface area contributed by atoms with Gasteiger partial charge in [-0.25, -0.2) is 8.78 Å². The molecule has 0 atom stereocenters. The maximum atomic E-state index is 13.0. The van der Waals surface area contributed by atoms with Crippen molar-refractivity contribution in [3.63, 3.8) is 0 Å². The van der Waals surface area contributed by atoms with Crippen LogP contribution >= 0.6 is 0 Å². The normalized spacial score (nSPS) is 10.4. The third-order valence-electron chi connectivity index (χ3n) is 2.22. The van der Waals surface area contributed by atoms with E-state index in [1.807, 2.05) is 0 Å². The number of halogens is 2. The average Bonchev–Trinajstić information content (AvgIpc) is 2.29. The van der Waals surface area contributed by atoms with Crippen molar-refractivity contribution in [2.45, 2.75) is 6.61 Å². The zero-order valence-corrected chi connectivity index (χ0v) is 8.32. The van der Waals surface area contributed by atoms with Gasteiger partial charge < -0.3 is 5.11 Å². The van der Waals surface area contributed by atoms with E-state index in [1.54, 1.807) is 6.07 Å². The first-order valence-electron chi connectivity index (χ1n) is 4.72. The molecule has 2 aromatic rings. The SMILES string of the molecule is OCc1ncc(F)cc1-c1cccc(F)c1. The first-order chi connectivity index (χ1) is 7.70. The molecule has 0 radical (unpaired) electrons. The van der Waals surface area contributed by atoms with Crippen LogP contribution in [0.3, 0.4) is 0 Å². The highest BCUT2D eigenvalue weighted by Crippen LogP contribution is 2.23. The molecule has 0 fully saturated rings. The summed E-state index contributed by atoms with van der Waals surface area (Å²) in [6.45, 7) is -0.313. The maximum Gasteiger partial charge on any atom is 0.142 e. The van der Waals surface area contributed by atoms with Crippen molar-refractivity contribution in [2.75, 3.05) is 0 Å². The van der Waals surface area contributed by atoms with Gasteiger partial charge in [-0.2, -0.15) is 0 Å². The lowest BCUT2D eigenvalue weighted by Gasteiger charge is -2.06. The summed E-state index contributed by atoms with van der Waals surface area (Å²) in [5.74, 6) is -0.929. The van der Waals surface area contributed by atoms with Crippen molar-refractivity contribution in [3.05, 3.63) is 53.9 Å². The standard InChI is InChI=1S/C12H9F2NO/c13-9-3-1-2-8(4-9)11-5-10(14)6-15-12(11)7-16/h1-6,16H,7H2. The van der Waals surface area contributed by atoms with Crippen molar-refractivity contribution >= 4 is 0 Å². The Balaban J connectivity index is 2.58. The van der Waals surface area contributed by atoms with E-state index in [0.717, 1.165) is 6.20 Å². The number of aliphatic hydroxyl groups is 1. The molecule has 0 saturated carbocycles. The highest BCUT2D eigenvalue weighted by molar-refractivity contribution is 5.65. The van der Waals surface area contributed by atoms with Crippen LogP contribution in [0.15, 0.2) is 36.5 Å². The van der Waals surface area contributed by atoms with E-state index in [-0.39, 0.29) is 6.61 Å². The summed E-state index contributed by atoms with van der Waals surface area (Å²) in [6.07, 6.45) is 1.02. The molecule has 1 heterocycles. The molecule has 2 rings (SSSR count). The van der Waals surface area contributed by atoms with Crippen LogP contribution in [0.1, 0.15) is 5.69 Å². The number of nitrogens with zero attached hydrogens (tertiary/aromatic N) is 1. The summed E-state index contributed by atoms with van der Waals surface area (Å²) in [5.41, 5.74) is 1.23. The fourth-order valence-corrected chi connectivity index (χ4v) is 1.50. The largest absolute Gasteiger partial charge is 0.390 e. The maximum absolute atomic E-state index is 13.0. The van der Waals surface area contributed by atoms with Crippen LogP contribution in [0.25, 0.3) is 11.1 Å². The Hall–Kier alpha value is -1.81. The minimum absolute atomic E-state index is 0.313. The zero-order chi connectivity index (χ0) is 11.5. The summed E-state index contributed by atoms with van der Waals surface area (Å²) in [7, 11) is 0. The summed E-state index contributed by atoms with van der Waals surface area (Å²) < 4.78 is 26.0. The van der Waals surface area contributed by atoms with Gasteiger partial charge in [0.25, 0.3) is 0 Å². The van der Waals surface area contributed by atoms with Crippen LogP contribution in [0, 0.1) is 11.6 Å². The van der Waals surface area contributed by atoms with Crippen LogP contribution in [0.5, 0.6) is 0 Å². The fourth-order valence-electron chi connectivity index (χ4n) is 1.50. The molecule has 0 unspecified atom stereocenters. The first kappa shape index (κ1) is 10.7. The van der Waals surface area contributed by atoms with E-state index in [0.29, 0.717) is 16.8 Å². The van der Waals surface area contributed by atoms with Gasteiger partial charge in [0.05, 0.1) is 18.5 Å². The number of aromatic nitrogens is 1. The van der Waals surface area contributed by atoms with Crippen LogP contribution in [-0.2, 0) is 6.61 Å². The molecule has 4 heteroatoms. The number of hydrogen-bond donors (Lipinski definition) is 1. The fraction of sp³-hybridized carbons (Fsp3) is 0.0833. The van der Waals surface area contributed by atoms with Gasteiger partial charge in [-0.1, -0.05) is 12.1 Å². The molecular weight excluding hydrogens is 212 g/mol. The van der Waals surface area contributed by atoms with Crippen molar-refractivity contribution in [3.8, 4) is 11.1 Å². The molecular formula is C12H9F2NO. The lowest BCUT2D eigenvalue weighted by Crippen LogP contribution is -1.95. The average molecular weight is 221 g/mol. The van der Waals surface area contributed by atoms with Crippen LogP contribution in [0.4, 0.5) is 8.78 Å². The Kier molecular flexibility index (Phi) is 2.92. The van der Waals surface area contributed by atoms with Gasteiger partial charge in [-0.3, -0.25) is 4.98 Å². The molecule has 16 heavy (non-hydrogen) atoms. The molecule has 1 N–H and O–H groups in total. The summed E-state index contributed by atoms with van der Waals surface area (Å²) in [4.78, 5) is 3.76. The van der Waals surface area contributed by atoms with E-state index in [9.17, 15) is 8.78 Å². The highest BCUT2D eigenvalue weighted by Gasteiger charge is 2.08. The molecule has 1 aromatic heterocycles. The molecule has 0 amide bonds. The third kappa shape index (κ3) is 2.06. The summed E-state index contributed by atoms with van der Waals surface area (Å²) >= 11 is 0. The van der Waals surface area contributed by atoms with Gasteiger partial charge >= 0.3 is 0 Å². The van der Waals surface area contributed by atoms with Crippen molar-refractivity contribution in [2.24, 2.45) is 0 Å². The number of aliphatic hydroxyl groups excluding tert-OH is 1. The van der Waals surface area contributed by atoms with Gasteiger partial charge in [0.15, 0.2) is 0 Å². The summed E-state index contributed by atoms with van der Waals surface area (Å²) in [5, 5.41) is 9.06. The number of hydrogen-bond acceptors (Lipinski definition) is 2. The molecule has 1 aromatic carbocycles. The Morgan fingerprint density at radius 1 is 1.12 bits per heavy atom. The molecule has 0 aliphatic rings. The van der Waals surface area contributed by atoms with Crippen LogP contribution in [-0.4, -0.2) is 10.1 Å². The quantitative estimate of drug-likeness (QED) is 0.845. The predicted molar refractivity (Wildman–Crippen MR) is 55.5 cm³/mol. The molecule has 0 saturated heterocycles. The Bertz CT molecular complexity index is 514. The molecule has 0 aliphatic heterocycles. The Morgan fingerprint density at radius 2 is 1.94 bits per heavy atom. The molecule has 0 bridgehead atoms. The van der Waals surface area contributed by atoms with E-state index in [4.69, 9.17) is 5.11 Å². The second-order valence-corrected chi connectivity index (χ2v) is 3.32. The van der Waals surface area contributed by atoms with E-state index in [2.05, 4.69) is 4.98 Å². The van der Waals surface area contributed by atoms with Gasteiger partial charge in [-0.05, 0) is 23.8 Å². The lowest BCUT2D eigenvalue weighted by atomic mass is 10.0. The zero-order valence-electron chi connectivity index (χ0n) is 8.32. The number of rotatable bonds is 2. The van der Waals surface area contributed by atoms with E-state index in [1.165, 1.54) is 24.3 Å². The third-order valence-corrected chi connectivity index (χ3v) is 2.22. The van der Waals surface area contributed by atoms with Crippen molar-refractivity contribution in [1.29, 1.82) is 0 Å². The van der Waals surface area contributed by atoms with Gasteiger partial charge in [-0.15, -0.1) is 0 Å². The smallest absolute Gasteiger partial charge is 0.142 e. The van der Waals surface area contributed by atoms with E-state index >= 15 is 0 Å². The van der Waals surface area contributed by atoms with Crippen LogP contribution < -0.4 is 0 Å². The minimum atomic E-state index is -0.517. The first-order valence-corrected chi connectivity index (χ1v) is 4.72. The molecule has 0 aliphatic carbocycles. The predicted octanol–water partition coefficient (Wildman–Crippen LogP) is 2.52. The number of pyridine rings is 1. The van der Waals surface area contributed by atoms with E-state index < -0.39 is 11.6 Å². The highest BCUT2D eigenvalue weighted by atomic mass is 19.1. The van der Waals surface area contributed by atoms with Crippen molar-refractivity contribution < 1.29 is 13.9 Å². The second-order valence-electron chi connectivity index (χ2n) is 3.32. The van der Waals surface area contributed by atoms with Gasteiger partial charge in [0.1, 0.15) is 11.6 Å². The van der Waals surface area contributed by atoms with Crippen molar-refractivity contribution in [1.82, 2.24) is 4.98 Å². The summed E-state index contributed by atoms with van der Waals surface area (Å²) in [6, 6.07) is 6.97. The molecule has 82 valence electrons. The minimum Gasteiger partial charge on any atom is -0.390 e. The second kappa shape index (κ2) is 4.37. The Labute approximate surface area is 91.2 Å². The lowest BCUT2D eigenvalue weighted by molar-refractivity contribution is 0.277. The molecule has 0 spiro atoms.